The van der Waals surface area contributed by atoms with E-state index in [0.29, 0.717) is 17.8 Å². The van der Waals surface area contributed by atoms with Crippen LogP contribution < -0.4 is 10.2 Å². The number of hydrogen-bond donors (Lipinski definition) is 1. The standard InChI is InChI=1S/C20H21N3O4/c1-12-6-13(2)8-17(7-12)22-11-15(9-19(22)24)20(25)21-16-5-4-14(3)18(10-16)23(26)27/h4-8,10,15H,9,11H2,1-3H3,(H,21,25)/t15-/m1/s1. The maximum Gasteiger partial charge on any atom is 0.274 e. The summed E-state index contributed by atoms with van der Waals surface area (Å²) in [5.74, 6) is -0.915. The molecule has 0 spiro atoms. The van der Waals surface area contributed by atoms with Crippen molar-refractivity contribution in [2.24, 2.45) is 5.92 Å². The normalized spacial score (nSPS) is 16.5. The van der Waals surface area contributed by atoms with Crippen LogP contribution in [0.5, 0.6) is 0 Å². The highest BCUT2D eigenvalue weighted by molar-refractivity contribution is 6.03. The van der Waals surface area contributed by atoms with Crippen molar-refractivity contribution in [2.75, 3.05) is 16.8 Å². The molecule has 2 aromatic carbocycles. The Hall–Kier alpha value is -3.22. The molecular formula is C20H21N3O4. The summed E-state index contributed by atoms with van der Waals surface area (Å²) < 4.78 is 0. The van der Waals surface area contributed by atoms with Crippen LogP contribution in [0.15, 0.2) is 36.4 Å². The van der Waals surface area contributed by atoms with E-state index in [4.69, 9.17) is 0 Å². The van der Waals surface area contributed by atoms with E-state index >= 15 is 0 Å². The van der Waals surface area contributed by atoms with Gasteiger partial charge in [0.1, 0.15) is 0 Å². The van der Waals surface area contributed by atoms with Crippen molar-refractivity contribution in [1.82, 2.24) is 0 Å². The number of nitrogens with one attached hydrogen (secondary N) is 1. The lowest BCUT2D eigenvalue weighted by Gasteiger charge is -2.18. The summed E-state index contributed by atoms with van der Waals surface area (Å²) in [5.41, 5.74) is 3.73. The van der Waals surface area contributed by atoms with E-state index in [1.807, 2.05) is 32.0 Å². The number of hydrogen-bond acceptors (Lipinski definition) is 4. The average molecular weight is 367 g/mol. The van der Waals surface area contributed by atoms with Gasteiger partial charge >= 0.3 is 0 Å². The van der Waals surface area contributed by atoms with Gasteiger partial charge in [0.15, 0.2) is 0 Å². The van der Waals surface area contributed by atoms with Gasteiger partial charge in [0.2, 0.25) is 11.8 Å². The van der Waals surface area contributed by atoms with Crippen molar-refractivity contribution in [3.63, 3.8) is 0 Å². The zero-order valence-electron chi connectivity index (χ0n) is 15.5. The van der Waals surface area contributed by atoms with Crippen LogP contribution in [0.25, 0.3) is 0 Å². The largest absolute Gasteiger partial charge is 0.326 e. The van der Waals surface area contributed by atoms with Crippen molar-refractivity contribution in [1.29, 1.82) is 0 Å². The maximum absolute atomic E-state index is 12.6. The summed E-state index contributed by atoms with van der Waals surface area (Å²) in [6.45, 7) is 5.86. The molecule has 2 amide bonds. The van der Waals surface area contributed by atoms with E-state index < -0.39 is 10.8 Å². The van der Waals surface area contributed by atoms with E-state index in [1.165, 1.54) is 6.07 Å². The molecule has 7 nitrogen and oxygen atoms in total. The van der Waals surface area contributed by atoms with Gasteiger partial charge in [0.25, 0.3) is 5.69 Å². The van der Waals surface area contributed by atoms with Gasteiger partial charge in [-0.2, -0.15) is 0 Å². The number of rotatable bonds is 4. The third-order valence-electron chi connectivity index (χ3n) is 4.69. The second-order valence-electron chi connectivity index (χ2n) is 7.00. The molecule has 0 bridgehead atoms. The van der Waals surface area contributed by atoms with Gasteiger partial charge in [0, 0.05) is 36.0 Å². The van der Waals surface area contributed by atoms with Gasteiger partial charge in [0.05, 0.1) is 10.8 Å². The monoisotopic (exact) mass is 367 g/mol. The predicted molar refractivity (Wildman–Crippen MR) is 103 cm³/mol. The highest BCUT2D eigenvalue weighted by atomic mass is 16.6. The topological polar surface area (TPSA) is 92.6 Å². The molecular weight excluding hydrogens is 346 g/mol. The fraction of sp³-hybridized carbons (Fsp3) is 0.300. The zero-order chi connectivity index (χ0) is 19.7. The van der Waals surface area contributed by atoms with Gasteiger partial charge in [-0.1, -0.05) is 12.1 Å². The number of nitro groups is 1. The molecule has 0 unspecified atom stereocenters. The molecule has 1 aliphatic heterocycles. The number of nitrogens with zero attached hydrogens (tertiary/aromatic N) is 2. The van der Waals surface area contributed by atoms with Crippen LogP contribution in [-0.2, 0) is 9.59 Å². The van der Waals surface area contributed by atoms with E-state index in [1.54, 1.807) is 24.0 Å². The minimum absolute atomic E-state index is 0.0489. The Morgan fingerprint density at radius 1 is 1.15 bits per heavy atom. The Morgan fingerprint density at radius 2 is 1.81 bits per heavy atom. The Bertz CT molecular complexity index is 919. The highest BCUT2D eigenvalue weighted by Crippen LogP contribution is 2.28. The molecule has 0 aliphatic carbocycles. The summed E-state index contributed by atoms with van der Waals surface area (Å²) >= 11 is 0. The van der Waals surface area contributed by atoms with E-state index in [0.717, 1.165) is 16.8 Å². The van der Waals surface area contributed by atoms with Crippen LogP contribution in [0.4, 0.5) is 17.1 Å². The third kappa shape index (κ3) is 3.97. The maximum atomic E-state index is 12.6. The van der Waals surface area contributed by atoms with Crippen molar-refractivity contribution < 1.29 is 14.5 Å². The van der Waals surface area contributed by atoms with Gasteiger partial charge in [-0.25, -0.2) is 0 Å². The molecule has 27 heavy (non-hydrogen) atoms. The van der Waals surface area contributed by atoms with E-state index in [9.17, 15) is 19.7 Å². The highest BCUT2D eigenvalue weighted by Gasteiger charge is 2.35. The molecule has 1 aliphatic rings. The first kappa shape index (κ1) is 18.6. The number of carbonyl (C=O) groups is 2. The Morgan fingerprint density at radius 3 is 2.44 bits per heavy atom. The molecule has 3 rings (SSSR count). The first-order chi connectivity index (χ1) is 12.7. The number of amides is 2. The Kier molecular flexibility index (Phi) is 4.94. The molecule has 7 heteroatoms. The first-order valence-electron chi connectivity index (χ1n) is 8.69. The zero-order valence-corrected chi connectivity index (χ0v) is 15.5. The smallest absolute Gasteiger partial charge is 0.274 e. The number of anilines is 2. The number of carbonyl (C=O) groups excluding carboxylic acids is 2. The molecule has 0 radical (unpaired) electrons. The van der Waals surface area contributed by atoms with Crippen LogP contribution >= 0.6 is 0 Å². The van der Waals surface area contributed by atoms with Crippen molar-refractivity contribution in [3.05, 3.63) is 63.2 Å². The van der Waals surface area contributed by atoms with Crippen molar-refractivity contribution >= 4 is 28.9 Å². The minimum Gasteiger partial charge on any atom is -0.326 e. The molecule has 1 saturated heterocycles. The lowest BCUT2D eigenvalue weighted by molar-refractivity contribution is -0.385. The fourth-order valence-electron chi connectivity index (χ4n) is 3.37. The molecule has 0 saturated carbocycles. The third-order valence-corrected chi connectivity index (χ3v) is 4.69. The summed E-state index contributed by atoms with van der Waals surface area (Å²) in [6.07, 6.45) is 0.118. The number of aryl methyl sites for hydroxylation is 3. The fourth-order valence-corrected chi connectivity index (χ4v) is 3.37. The first-order valence-corrected chi connectivity index (χ1v) is 8.69. The quantitative estimate of drug-likeness (QED) is 0.661. The molecule has 1 N–H and O–H groups in total. The van der Waals surface area contributed by atoms with Crippen molar-refractivity contribution in [3.8, 4) is 0 Å². The van der Waals surface area contributed by atoms with Crippen molar-refractivity contribution in [2.45, 2.75) is 27.2 Å². The molecule has 1 atom stereocenters. The lowest BCUT2D eigenvalue weighted by atomic mass is 10.1. The second kappa shape index (κ2) is 7.19. The minimum atomic E-state index is -0.501. The average Bonchev–Trinajstić information content (AvgIpc) is 2.97. The molecule has 1 heterocycles. The summed E-state index contributed by atoms with van der Waals surface area (Å²) in [5, 5.41) is 13.8. The van der Waals surface area contributed by atoms with E-state index in [2.05, 4.69) is 5.32 Å². The molecule has 140 valence electrons. The van der Waals surface area contributed by atoms with Crippen LogP contribution in [0.2, 0.25) is 0 Å². The van der Waals surface area contributed by atoms with Gasteiger partial charge in [-0.05, 0) is 50.1 Å². The summed E-state index contributed by atoms with van der Waals surface area (Å²) in [7, 11) is 0. The SMILES string of the molecule is Cc1cc(C)cc(N2C[C@H](C(=O)Nc3ccc(C)c([N+](=O)[O-])c3)CC2=O)c1. The molecule has 2 aromatic rings. The number of nitro benzene ring substituents is 1. The van der Waals surface area contributed by atoms with Crippen LogP contribution in [0.3, 0.4) is 0 Å². The molecule has 0 aromatic heterocycles. The lowest BCUT2D eigenvalue weighted by Crippen LogP contribution is -2.28. The van der Waals surface area contributed by atoms with Crippen LogP contribution in [-0.4, -0.2) is 23.3 Å². The van der Waals surface area contributed by atoms with Crippen LogP contribution in [0.1, 0.15) is 23.1 Å². The Balaban J connectivity index is 1.74. The Labute approximate surface area is 157 Å². The predicted octanol–water partition coefficient (Wildman–Crippen LogP) is 3.51. The molecule has 1 fully saturated rings. The van der Waals surface area contributed by atoms with Gasteiger partial charge in [-0.15, -0.1) is 0 Å². The van der Waals surface area contributed by atoms with E-state index in [-0.39, 0.29) is 23.9 Å². The van der Waals surface area contributed by atoms with Gasteiger partial charge in [-0.3, -0.25) is 19.7 Å². The number of benzene rings is 2. The summed E-state index contributed by atoms with van der Waals surface area (Å²) in [6, 6.07) is 10.4. The van der Waals surface area contributed by atoms with Crippen LogP contribution in [0, 0.1) is 36.8 Å². The van der Waals surface area contributed by atoms with Gasteiger partial charge < -0.3 is 10.2 Å². The summed E-state index contributed by atoms with van der Waals surface area (Å²) in [4.78, 5) is 37.2. The second-order valence-corrected chi connectivity index (χ2v) is 7.00.